The van der Waals surface area contributed by atoms with Crippen LogP contribution in [0.4, 0.5) is 0 Å². The van der Waals surface area contributed by atoms with Gasteiger partial charge in [0.1, 0.15) is 22.9 Å². The lowest BCUT2D eigenvalue weighted by Crippen LogP contribution is -2.54. The summed E-state index contributed by atoms with van der Waals surface area (Å²) in [5.41, 5.74) is 0.821. The van der Waals surface area contributed by atoms with Crippen LogP contribution in [0, 0.1) is 6.92 Å². The molecule has 0 unspecified atom stereocenters. The molecule has 1 aromatic carbocycles. The summed E-state index contributed by atoms with van der Waals surface area (Å²) in [5, 5.41) is 2.99. The van der Waals surface area contributed by atoms with E-state index in [-0.39, 0.29) is 11.8 Å². The Morgan fingerprint density at radius 2 is 2.09 bits per heavy atom. The lowest BCUT2D eigenvalue weighted by molar-refractivity contribution is -0.172. The number of imidazole rings is 1. The molecule has 2 aromatic heterocycles. The smallest absolute Gasteiger partial charge is 0.257 e. The van der Waals surface area contributed by atoms with E-state index in [0.29, 0.717) is 50.3 Å². The van der Waals surface area contributed by atoms with Crippen molar-refractivity contribution < 1.29 is 23.5 Å². The molecule has 1 atom stereocenters. The number of rotatable bonds is 5. The van der Waals surface area contributed by atoms with E-state index in [2.05, 4.69) is 10.3 Å². The normalized spacial score (nSPS) is 19.0. The van der Waals surface area contributed by atoms with Crippen LogP contribution in [-0.4, -0.2) is 52.6 Å². The van der Waals surface area contributed by atoms with Crippen LogP contribution in [0.5, 0.6) is 5.75 Å². The number of nitrogens with zero attached hydrogens (tertiary/aromatic N) is 3. The summed E-state index contributed by atoms with van der Waals surface area (Å²) in [4.78, 5) is 32.4. The van der Waals surface area contributed by atoms with E-state index >= 15 is 0 Å². The molecule has 0 radical (unpaired) electrons. The van der Waals surface area contributed by atoms with Crippen LogP contribution >= 0.6 is 0 Å². The van der Waals surface area contributed by atoms with Crippen molar-refractivity contribution in [3.05, 3.63) is 71.7 Å². The molecule has 9 nitrogen and oxygen atoms in total. The van der Waals surface area contributed by atoms with Crippen LogP contribution in [0.15, 0.2) is 53.4 Å². The van der Waals surface area contributed by atoms with Crippen LogP contribution in [0.2, 0.25) is 0 Å². The highest BCUT2D eigenvalue weighted by molar-refractivity contribution is 5.95. The fourth-order valence-electron chi connectivity index (χ4n) is 4.81. The van der Waals surface area contributed by atoms with Gasteiger partial charge in [-0.3, -0.25) is 9.59 Å². The number of carbonyl (C=O) groups excluding carboxylic acids is 2. The van der Waals surface area contributed by atoms with Crippen LogP contribution in [-0.2, 0) is 28.2 Å². The third-order valence-electron chi connectivity index (χ3n) is 6.69. The second-order valence-corrected chi connectivity index (χ2v) is 8.76. The van der Waals surface area contributed by atoms with Crippen LogP contribution in [0.1, 0.15) is 40.3 Å². The average molecular weight is 465 g/mol. The summed E-state index contributed by atoms with van der Waals surface area (Å²) in [5.74, 6) is 1.95. The summed E-state index contributed by atoms with van der Waals surface area (Å²) in [6, 6.07) is 9.30. The summed E-state index contributed by atoms with van der Waals surface area (Å²) in [6.45, 7) is 3.58. The first-order chi connectivity index (χ1) is 16.5. The third-order valence-corrected chi connectivity index (χ3v) is 6.69. The first-order valence-corrected chi connectivity index (χ1v) is 11.4. The second-order valence-electron chi connectivity index (χ2n) is 8.76. The number of likely N-dealkylation sites (tertiary alicyclic amines) is 1. The lowest BCUT2D eigenvalue weighted by atomic mass is 9.88. The molecule has 34 heavy (non-hydrogen) atoms. The summed E-state index contributed by atoms with van der Waals surface area (Å²) in [6.07, 6.45) is 5.63. The topological polar surface area (TPSA) is 98.8 Å². The summed E-state index contributed by atoms with van der Waals surface area (Å²) >= 11 is 0. The molecule has 3 aromatic rings. The molecule has 178 valence electrons. The minimum absolute atomic E-state index is 0.0483. The first kappa shape index (κ1) is 22.2. The zero-order valence-corrected chi connectivity index (χ0v) is 19.3. The molecule has 0 aliphatic carbocycles. The number of hydrogen-bond donors (Lipinski definition) is 1. The predicted octanol–water partition coefficient (Wildman–Crippen LogP) is 2.64. The molecular formula is C25H28N4O5. The van der Waals surface area contributed by atoms with Crippen molar-refractivity contribution in [3.8, 4) is 5.75 Å². The Balaban J connectivity index is 1.28. The maximum absolute atomic E-state index is 13.1. The van der Waals surface area contributed by atoms with Crippen LogP contribution in [0.3, 0.4) is 0 Å². The van der Waals surface area contributed by atoms with E-state index in [9.17, 15) is 9.59 Å². The molecule has 1 N–H and O–H groups in total. The van der Waals surface area contributed by atoms with Gasteiger partial charge in [0.15, 0.2) is 6.10 Å². The number of benzene rings is 1. The number of fused-ring (bicyclic) bond motifs is 2. The Bertz CT molecular complexity index is 1190. The molecule has 2 aliphatic rings. The third kappa shape index (κ3) is 4.07. The van der Waals surface area contributed by atoms with Gasteiger partial charge in [0, 0.05) is 44.9 Å². The van der Waals surface area contributed by atoms with Crippen molar-refractivity contribution >= 4 is 11.8 Å². The van der Waals surface area contributed by atoms with E-state index in [1.54, 1.807) is 26.3 Å². The number of aromatic nitrogens is 2. The number of ether oxygens (including phenoxy) is 2. The molecular weight excluding hydrogens is 436 g/mol. The van der Waals surface area contributed by atoms with Gasteiger partial charge in [0.25, 0.3) is 11.8 Å². The van der Waals surface area contributed by atoms with Gasteiger partial charge in [-0.1, -0.05) is 12.1 Å². The standard InChI is InChI=1S/C25H28N4O5/c1-17-20(6-13-33-17)23(31)28-10-7-25(8-11-28)24-26-9-12-29(24)16-21(34-25)22(30)27-15-18-4-3-5-19(14-18)32-2/h3-6,9,12-14,21H,7-8,10-11,15-16H2,1-2H3,(H,27,30)/t21-/m1/s1. The van der Waals surface area contributed by atoms with Gasteiger partial charge in [-0.2, -0.15) is 0 Å². The number of methoxy groups -OCH3 is 1. The molecule has 0 saturated carbocycles. The number of nitrogens with one attached hydrogen (secondary N) is 1. The van der Waals surface area contributed by atoms with Gasteiger partial charge in [-0.15, -0.1) is 0 Å². The van der Waals surface area contributed by atoms with E-state index in [1.165, 1.54) is 6.26 Å². The zero-order valence-electron chi connectivity index (χ0n) is 19.3. The van der Waals surface area contributed by atoms with Gasteiger partial charge in [-0.25, -0.2) is 4.98 Å². The monoisotopic (exact) mass is 464 g/mol. The van der Waals surface area contributed by atoms with E-state index in [0.717, 1.165) is 17.1 Å². The molecule has 9 heteroatoms. The Hall–Kier alpha value is -3.59. The fourth-order valence-corrected chi connectivity index (χ4v) is 4.81. The number of amides is 2. The average Bonchev–Trinajstić information content (AvgIpc) is 3.52. The van der Waals surface area contributed by atoms with Crippen molar-refractivity contribution in [2.24, 2.45) is 0 Å². The zero-order chi connectivity index (χ0) is 23.7. The number of carbonyl (C=O) groups is 2. The Morgan fingerprint density at radius 1 is 1.26 bits per heavy atom. The molecule has 2 aliphatic heterocycles. The number of hydrogen-bond acceptors (Lipinski definition) is 6. The molecule has 2 amide bonds. The van der Waals surface area contributed by atoms with Gasteiger partial charge in [0.05, 0.1) is 25.5 Å². The molecule has 1 saturated heterocycles. The molecule has 1 fully saturated rings. The van der Waals surface area contributed by atoms with Gasteiger partial charge in [0.2, 0.25) is 0 Å². The number of furan rings is 1. The largest absolute Gasteiger partial charge is 0.497 e. The molecule has 4 heterocycles. The summed E-state index contributed by atoms with van der Waals surface area (Å²) in [7, 11) is 1.62. The van der Waals surface area contributed by atoms with Gasteiger partial charge in [-0.05, 0) is 30.7 Å². The van der Waals surface area contributed by atoms with Crippen molar-refractivity contribution in [2.75, 3.05) is 20.2 Å². The van der Waals surface area contributed by atoms with E-state index in [1.807, 2.05) is 39.9 Å². The summed E-state index contributed by atoms with van der Waals surface area (Å²) < 4.78 is 19.0. The quantitative estimate of drug-likeness (QED) is 0.623. The molecule has 0 bridgehead atoms. The highest BCUT2D eigenvalue weighted by atomic mass is 16.5. The highest BCUT2D eigenvalue weighted by Gasteiger charge is 2.47. The van der Waals surface area contributed by atoms with Crippen molar-refractivity contribution in [1.29, 1.82) is 0 Å². The maximum Gasteiger partial charge on any atom is 0.257 e. The Morgan fingerprint density at radius 3 is 2.82 bits per heavy atom. The molecule has 5 rings (SSSR count). The number of piperidine rings is 1. The minimum Gasteiger partial charge on any atom is -0.497 e. The van der Waals surface area contributed by atoms with Crippen molar-refractivity contribution in [2.45, 2.75) is 44.6 Å². The predicted molar refractivity (Wildman–Crippen MR) is 122 cm³/mol. The SMILES string of the molecule is COc1cccc(CNC(=O)[C@H]2Cn3ccnc3C3(CCN(C(=O)c4ccoc4C)CC3)O2)c1. The van der Waals surface area contributed by atoms with Gasteiger partial charge >= 0.3 is 0 Å². The Kier molecular flexibility index (Phi) is 5.87. The van der Waals surface area contributed by atoms with Gasteiger partial charge < -0.3 is 28.7 Å². The second kappa shape index (κ2) is 8.98. The van der Waals surface area contributed by atoms with E-state index < -0.39 is 11.7 Å². The van der Waals surface area contributed by atoms with Crippen LogP contribution in [0.25, 0.3) is 0 Å². The van der Waals surface area contributed by atoms with E-state index in [4.69, 9.17) is 13.9 Å². The molecule has 1 spiro atoms. The highest BCUT2D eigenvalue weighted by Crippen LogP contribution is 2.40. The van der Waals surface area contributed by atoms with Crippen molar-refractivity contribution in [1.82, 2.24) is 19.8 Å². The Labute approximate surface area is 197 Å². The fraction of sp³-hybridized carbons (Fsp3) is 0.400. The first-order valence-electron chi connectivity index (χ1n) is 11.4. The minimum atomic E-state index is -0.706. The van der Waals surface area contributed by atoms with Crippen LogP contribution < -0.4 is 10.1 Å². The number of aryl methyl sites for hydroxylation is 1. The van der Waals surface area contributed by atoms with Crippen molar-refractivity contribution in [3.63, 3.8) is 0 Å². The lowest BCUT2D eigenvalue weighted by Gasteiger charge is -2.45. The maximum atomic E-state index is 13.1.